The van der Waals surface area contributed by atoms with Crippen LogP contribution >= 0.6 is 0 Å². The van der Waals surface area contributed by atoms with Crippen LogP contribution in [0.25, 0.3) is 0 Å². The maximum Gasteiger partial charge on any atom is 0.203 e. The highest BCUT2D eigenvalue weighted by molar-refractivity contribution is 5.31. The number of methoxy groups -OCH3 is 2. The van der Waals surface area contributed by atoms with Crippen LogP contribution in [0.2, 0.25) is 0 Å². The lowest BCUT2D eigenvalue weighted by atomic mass is 10.2. The van der Waals surface area contributed by atoms with E-state index in [2.05, 4.69) is 21.1 Å². The molecule has 0 amide bonds. The topological polar surface area (TPSA) is 48.3 Å². The highest BCUT2D eigenvalue weighted by atomic mass is 16.5. The van der Waals surface area contributed by atoms with Crippen molar-refractivity contribution in [3.63, 3.8) is 0 Å². The predicted octanol–water partition coefficient (Wildman–Crippen LogP) is 2.21. The van der Waals surface area contributed by atoms with Gasteiger partial charge in [0.25, 0.3) is 0 Å². The van der Waals surface area contributed by atoms with Gasteiger partial charge in [-0.2, -0.15) is 0 Å². The number of imidazole rings is 1. The zero-order valence-electron chi connectivity index (χ0n) is 12.2. The van der Waals surface area contributed by atoms with Gasteiger partial charge in [-0.15, -0.1) is 0 Å². The molecule has 1 N–H and O–H groups in total. The Morgan fingerprint density at radius 1 is 1.42 bits per heavy atom. The standard InChI is InChI=1S/C14H25N3O2/c1-11-10-17(8-5-9-18-2)14(15-11)16-12-6-4-7-13(12)19-3/h10,12-13H,4-9H2,1-3H3,(H,15,16). The van der Waals surface area contributed by atoms with Gasteiger partial charge in [0.05, 0.1) is 17.8 Å². The minimum absolute atomic E-state index is 0.310. The highest BCUT2D eigenvalue weighted by Gasteiger charge is 2.28. The lowest BCUT2D eigenvalue weighted by Gasteiger charge is -2.20. The van der Waals surface area contributed by atoms with Gasteiger partial charge < -0.3 is 19.4 Å². The van der Waals surface area contributed by atoms with Crippen molar-refractivity contribution < 1.29 is 9.47 Å². The van der Waals surface area contributed by atoms with Crippen molar-refractivity contribution in [2.45, 2.75) is 51.3 Å². The molecule has 1 aromatic rings. The Labute approximate surface area is 115 Å². The molecule has 2 rings (SSSR count). The Bertz CT molecular complexity index is 392. The summed E-state index contributed by atoms with van der Waals surface area (Å²) in [5.41, 5.74) is 1.05. The van der Waals surface area contributed by atoms with Crippen LogP contribution in [-0.4, -0.2) is 42.5 Å². The summed E-state index contributed by atoms with van der Waals surface area (Å²) in [7, 11) is 3.53. The molecule has 2 unspecified atom stereocenters. The largest absolute Gasteiger partial charge is 0.385 e. The van der Waals surface area contributed by atoms with Crippen molar-refractivity contribution in [3.05, 3.63) is 11.9 Å². The van der Waals surface area contributed by atoms with Crippen molar-refractivity contribution in [1.29, 1.82) is 0 Å². The minimum atomic E-state index is 0.310. The van der Waals surface area contributed by atoms with Gasteiger partial charge in [0, 0.05) is 33.6 Å². The van der Waals surface area contributed by atoms with Gasteiger partial charge >= 0.3 is 0 Å². The van der Waals surface area contributed by atoms with Gasteiger partial charge in [-0.05, 0) is 32.6 Å². The number of ether oxygens (including phenoxy) is 2. The quantitative estimate of drug-likeness (QED) is 0.769. The molecule has 1 saturated carbocycles. The first-order valence-electron chi connectivity index (χ1n) is 7.06. The highest BCUT2D eigenvalue weighted by Crippen LogP contribution is 2.25. The van der Waals surface area contributed by atoms with E-state index >= 15 is 0 Å². The summed E-state index contributed by atoms with van der Waals surface area (Å²) in [4.78, 5) is 4.58. The number of nitrogens with one attached hydrogen (secondary N) is 1. The van der Waals surface area contributed by atoms with E-state index in [1.165, 1.54) is 6.42 Å². The van der Waals surface area contributed by atoms with Crippen molar-refractivity contribution in [2.75, 3.05) is 26.1 Å². The van der Waals surface area contributed by atoms with Crippen LogP contribution in [0.15, 0.2) is 6.20 Å². The summed E-state index contributed by atoms with van der Waals surface area (Å²) in [6.07, 6.45) is 6.91. The summed E-state index contributed by atoms with van der Waals surface area (Å²) in [5, 5.41) is 3.54. The molecule has 0 saturated heterocycles. The monoisotopic (exact) mass is 267 g/mol. The first-order chi connectivity index (χ1) is 9.24. The van der Waals surface area contributed by atoms with E-state index in [0.29, 0.717) is 12.1 Å². The van der Waals surface area contributed by atoms with E-state index in [1.807, 2.05) is 6.92 Å². The zero-order chi connectivity index (χ0) is 13.7. The fourth-order valence-electron chi connectivity index (χ4n) is 2.75. The van der Waals surface area contributed by atoms with Crippen LogP contribution in [-0.2, 0) is 16.0 Å². The number of aryl methyl sites for hydroxylation is 2. The van der Waals surface area contributed by atoms with Gasteiger partial charge in [0.2, 0.25) is 5.95 Å². The summed E-state index contributed by atoms with van der Waals surface area (Å²) in [6, 6.07) is 0.382. The average molecular weight is 267 g/mol. The number of anilines is 1. The second-order valence-electron chi connectivity index (χ2n) is 5.20. The molecule has 108 valence electrons. The number of nitrogens with zero attached hydrogens (tertiary/aromatic N) is 2. The van der Waals surface area contributed by atoms with E-state index in [-0.39, 0.29) is 0 Å². The van der Waals surface area contributed by atoms with E-state index in [0.717, 1.165) is 44.1 Å². The molecule has 5 heteroatoms. The number of rotatable bonds is 7. The first-order valence-corrected chi connectivity index (χ1v) is 7.06. The maximum absolute atomic E-state index is 5.52. The number of hydrogen-bond acceptors (Lipinski definition) is 4. The van der Waals surface area contributed by atoms with Crippen LogP contribution in [0.5, 0.6) is 0 Å². The molecule has 1 aliphatic rings. The molecule has 19 heavy (non-hydrogen) atoms. The van der Waals surface area contributed by atoms with Crippen molar-refractivity contribution in [2.24, 2.45) is 0 Å². The summed E-state index contributed by atoms with van der Waals surface area (Å²) < 4.78 is 12.8. The molecule has 0 bridgehead atoms. The molecule has 0 spiro atoms. The molecule has 0 aromatic carbocycles. The summed E-state index contributed by atoms with van der Waals surface area (Å²) in [5.74, 6) is 0.961. The van der Waals surface area contributed by atoms with Crippen LogP contribution in [0.4, 0.5) is 5.95 Å². The SMILES string of the molecule is COCCCn1cc(C)nc1NC1CCCC1OC. The maximum atomic E-state index is 5.52. The zero-order valence-corrected chi connectivity index (χ0v) is 12.2. The Kier molecular flexibility index (Phi) is 5.22. The van der Waals surface area contributed by atoms with E-state index in [4.69, 9.17) is 9.47 Å². The molecule has 2 atom stereocenters. The molecule has 5 nitrogen and oxygen atoms in total. The third kappa shape index (κ3) is 3.70. The van der Waals surface area contributed by atoms with Crippen molar-refractivity contribution in [1.82, 2.24) is 9.55 Å². The Hall–Kier alpha value is -1.07. The lowest BCUT2D eigenvalue weighted by Crippen LogP contribution is -2.31. The van der Waals surface area contributed by atoms with Gasteiger partial charge in [-0.3, -0.25) is 0 Å². The van der Waals surface area contributed by atoms with E-state index in [1.54, 1.807) is 14.2 Å². The predicted molar refractivity (Wildman–Crippen MR) is 75.5 cm³/mol. The van der Waals surface area contributed by atoms with Gasteiger partial charge in [0.15, 0.2) is 0 Å². The first kappa shape index (κ1) is 14.3. The number of hydrogen-bond donors (Lipinski definition) is 1. The van der Waals surface area contributed by atoms with Crippen LogP contribution in [0, 0.1) is 6.92 Å². The Morgan fingerprint density at radius 3 is 3.00 bits per heavy atom. The lowest BCUT2D eigenvalue weighted by molar-refractivity contribution is 0.101. The van der Waals surface area contributed by atoms with Gasteiger partial charge in [0.1, 0.15) is 0 Å². The van der Waals surface area contributed by atoms with Gasteiger partial charge in [-0.25, -0.2) is 4.98 Å². The fourth-order valence-corrected chi connectivity index (χ4v) is 2.75. The van der Waals surface area contributed by atoms with E-state index < -0.39 is 0 Å². The second-order valence-corrected chi connectivity index (χ2v) is 5.20. The van der Waals surface area contributed by atoms with Crippen LogP contribution in [0.1, 0.15) is 31.4 Å². The van der Waals surface area contributed by atoms with Crippen LogP contribution < -0.4 is 5.32 Å². The summed E-state index contributed by atoms with van der Waals surface area (Å²) in [6.45, 7) is 3.74. The minimum Gasteiger partial charge on any atom is -0.385 e. The smallest absolute Gasteiger partial charge is 0.203 e. The molecular formula is C14H25N3O2. The van der Waals surface area contributed by atoms with Gasteiger partial charge in [-0.1, -0.05) is 0 Å². The summed E-state index contributed by atoms with van der Waals surface area (Å²) >= 11 is 0. The third-order valence-electron chi connectivity index (χ3n) is 3.71. The normalized spacial score (nSPS) is 22.9. The second kappa shape index (κ2) is 6.91. The third-order valence-corrected chi connectivity index (χ3v) is 3.71. The molecule has 0 radical (unpaired) electrons. The Morgan fingerprint density at radius 2 is 2.26 bits per heavy atom. The molecule has 1 heterocycles. The molecule has 1 aromatic heterocycles. The fraction of sp³-hybridized carbons (Fsp3) is 0.786. The van der Waals surface area contributed by atoms with E-state index in [9.17, 15) is 0 Å². The van der Waals surface area contributed by atoms with Crippen molar-refractivity contribution >= 4 is 5.95 Å². The molecule has 1 fully saturated rings. The van der Waals surface area contributed by atoms with Crippen LogP contribution in [0.3, 0.4) is 0 Å². The Balaban J connectivity index is 1.98. The molecule has 0 aliphatic heterocycles. The average Bonchev–Trinajstić information content (AvgIpc) is 2.97. The molecular weight excluding hydrogens is 242 g/mol. The number of aromatic nitrogens is 2. The van der Waals surface area contributed by atoms with Crippen molar-refractivity contribution in [3.8, 4) is 0 Å². The molecule has 1 aliphatic carbocycles.